The van der Waals surface area contributed by atoms with Gasteiger partial charge in [-0.2, -0.15) is 0 Å². The van der Waals surface area contributed by atoms with Gasteiger partial charge in [0, 0.05) is 30.2 Å². The molecular weight excluding hydrogens is 362 g/mol. The predicted molar refractivity (Wildman–Crippen MR) is 112 cm³/mol. The molecule has 26 heavy (non-hydrogen) atoms. The van der Waals surface area contributed by atoms with Gasteiger partial charge < -0.3 is 10.1 Å². The molecule has 0 atom stereocenters. The van der Waals surface area contributed by atoms with Gasteiger partial charge in [0.1, 0.15) is 0 Å². The average Bonchev–Trinajstić information content (AvgIpc) is 3.23. The highest BCUT2D eigenvalue weighted by atomic mass is 32.2. The summed E-state index contributed by atoms with van der Waals surface area (Å²) in [5, 5.41) is 2.97. The molecule has 0 aliphatic carbocycles. The van der Waals surface area contributed by atoms with Crippen molar-refractivity contribution in [1.29, 1.82) is 0 Å². The Morgan fingerprint density at radius 1 is 1.00 bits per heavy atom. The van der Waals surface area contributed by atoms with E-state index in [1.165, 1.54) is 22.6 Å². The number of nitrogens with one attached hydrogen (secondary N) is 1. The molecule has 0 radical (unpaired) electrons. The van der Waals surface area contributed by atoms with Crippen molar-refractivity contribution < 1.29 is 9.53 Å². The number of thioether (sulfide) groups is 2. The van der Waals surface area contributed by atoms with E-state index in [0.717, 1.165) is 25.0 Å². The van der Waals surface area contributed by atoms with Crippen LogP contribution in [0.3, 0.4) is 0 Å². The first-order chi connectivity index (χ1) is 12.8. The molecule has 0 unspecified atom stereocenters. The van der Waals surface area contributed by atoms with Crippen molar-refractivity contribution in [3.63, 3.8) is 0 Å². The number of ether oxygens (including phenoxy) is 1. The van der Waals surface area contributed by atoms with Crippen LogP contribution in [0.4, 0.5) is 0 Å². The fourth-order valence-corrected chi connectivity index (χ4v) is 5.62. The highest BCUT2D eigenvalue weighted by molar-refractivity contribution is 8.19. The van der Waals surface area contributed by atoms with Crippen molar-refractivity contribution in [2.45, 2.75) is 17.4 Å². The molecule has 3 rings (SSSR count). The normalized spacial score (nSPS) is 14.5. The second-order valence-corrected chi connectivity index (χ2v) is 8.88. The molecule has 2 aromatic carbocycles. The van der Waals surface area contributed by atoms with E-state index in [4.69, 9.17) is 4.74 Å². The molecule has 3 nitrogen and oxygen atoms in total. The van der Waals surface area contributed by atoms with Crippen molar-refractivity contribution in [2.75, 3.05) is 31.3 Å². The zero-order valence-electron chi connectivity index (χ0n) is 14.9. The number of hydrogen-bond donors (Lipinski definition) is 1. The molecule has 0 bridgehead atoms. The van der Waals surface area contributed by atoms with Crippen LogP contribution in [0.5, 0.6) is 0 Å². The fourth-order valence-electron chi connectivity index (χ4n) is 2.76. The Labute approximate surface area is 164 Å². The maximum absolute atomic E-state index is 12.2. The maximum atomic E-state index is 12.2. The van der Waals surface area contributed by atoms with Crippen molar-refractivity contribution in [3.8, 4) is 0 Å². The summed E-state index contributed by atoms with van der Waals surface area (Å²) in [6, 6.07) is 18.4. The molecule has 0 aromatic heterocycles. The number of carbonyl (C=O) groups is 1. The van der Waals surface area contributed by atoms with Gasteiger partial charge in [-0.25, -0.2) is 0 Å². The largest absolute Gasteiger partial charge is 0.381 e. The van der Waals surface area contributed by atoms with Gasteiger partial charge in [-0.3, -0.25) is 4.79 Å². The summed E-state index contributed by atoms with van der Waals surface area (Å²) in [5.74, 6) is 2.42. The quantitative estimate of drug-likeness (QED) is 0.641. The Balaban J connectivity index is 1.29. The van der Waals surface area contributed by atoms with E-state index in [0.29, 0.717) is 17.7 Å². The van der Waals surface area contributed by atoms with Crippen molar-refractivity contribution in [3.05, 3.63) is 71.3 Å². The third-order valence-corrected chi connectivity index (χ3v) is 7.30. The van der Waals surface area contributed by atoms with Gasteiger partial charge in [0.2, 0.25) is 0 Å². The lowest BCUT2D eigenvalue weighted by Gasteiger charge is -2.10. The van der Waals surface area contributed by atoms with E-state index in [9.17, 15) is 4.79 Å². The first-order valence-corrected chi connectivity index (χ1v) is 11.2. The van der Waals surface area contributed by atoms with Gasteiger partial charge in [-0.05, 0) is 36.1 Å². The standard InChI is InChI=1S/C21H25NO2S2/c23-20(18-7-9-19(10-8-18)21-25-15-16-26-21)22-12-4-13-24-14-11-17-5-2-1-3-6-17/h1-3,5-10,21H,4,11-16H2,(H,22,23). The third-order valence-electron chi connectivity index (χ3n) is 4.20. The van der Waals surface area contributed by atoms with Gasteiger partial charge in [0.15, 0.2) is 0 Å². The van der Waals surface area contributed by atoms with Crippen LogP contribution in [-0.2, 0) is 11.2 Å². The molecule has 1 saturated heterocycles. The van der Waals surface area contributed by atoms with Crippen LogP contribution in [0.2, 0.25) is 0 Å². The monoisotopic (exact) mass is 387 g/mol. The Morgan fingerprint density at radius 3 is 2.46 bits per heavy atom. The highest BCUT2D eigenvalue weighted by Crippen LogP contribution is 2.45. The number of hydrogen-bond acceptors (Lipinski definition) is 4. The van der Waals surface area contributed by atoms with Crippen LogP contribution in [0, 0.1) is 0 Å². The molecule has 0 saturated carbocycles. The molecule has 1 aliphatic rings. The summed E-state index contributed by atoms with van der Waals surface area (Å²) in [4.78, 5) is 12.2. The Bertz CT molecular complexity index is 670. The van der Waals surface area contributed by atoms with E-state index in [-0.39, 0.29) is 5.91 Å². The SMILES string of the molecule is O=C(NCCCOCCc1ccccc1)c1ccc(C2SCCS2)cc1. The van der Waals surface area contributed by atoms with Crippen LogP contribution in [0.25, 0.3) is 0 Å². The number of carbonyl (C=O) groups excluding carboxylic acids is 1. The third kappa shape index (κ3) is 6.08. The van der Waals surface area contributed by atoms with E-state index < -0.39 is 0 Å². The molecule has 1 amide bonds. The molecule has 5 heteroatoms. The summed E-state index contributed by atoms with van der Waals surface area (Å²) < 4.78 is 6.17. The van der Waals surface area contributed by atoms with Gasteiger partial charge in [-0.1, -0.05) is 42.5 Å². The van der Waals surface area contributed by atoms with Gasteiger partial charge in [-0.15, -0.1) is 23.5 Å². The molecule has 2 aromatic rings. The number of rotatable bonds is 9. The molecule has 1 N–H and O–H groups in total. The Hall–Kier alpha value is -1.43. The molecule has 1 aliphatic heterocycles. The smallest absolute Gasteiger partial charge is 0.251 e. The molecule has 1 heterocycles. The van der Waals surface area contributed by atoms with E-state index >= 15 is 0 Å². The predicted octanol–water partition coefficient (Wildman–Crippen LogP) is 4.54. The zero-order chi connectivity index (χ0) is 18.0. The second-order valence-electron chi connectivity index (χ2n) is 6.15. The molecular formula is C21H25NO2S2. The highest BCUT2D eigenvalue weighted by Gasteiger charge is 2.18. The van der Waals surface area contributed by atoms with Gasteiger partial charge >= 0.3 is 0 Å². The lowest BCUT2D eigenvalue weighted by molar-refractivity contribution is 0.0942. The number of amides is 1. The van der Waals surface area contributed by atoms with Crippen LogP contribution in [0.15, 0.2) is 54.6 Å². The summed E-state index contributed by atoms with van der Waals surface area (Å²) in [6.07, 6.45) is 1.76. The summed E-state index contributed by atoms with van der Waals surface area (Å²) in [7, 11) is 0. The minimum Gasteiger partial charge on any atom is -0.381 e. The van der Waals surface area contributed by atoms with E-state index in [1.807, 2.05) is 53.9 Å². The lowest BCUT2D eigenvalue weighted by atomic mass is 10.1. The second kappa shape index (κ2) is 10.7. The van der Waals surface area contributed by atoms with E-state index in [1.54, 1.807) is 0 Å². The first kappa shape index (κ1) is 19.3. The molecule has 0 spiro atoms. The van der Waals surface area contributed by atoms with Crippen molar-refractivity contribution >= 4 is 29.4 Å². The van der Waals surface area contributed by atoms with Crippen LogP contribution < -0.4 is 5.32 Å². The summed E-state index contributed by atoms with van der Waals surface area (Å²) in [5.41, 5.74) is 3.33. The summed E-state index contributed by atoms with van der Waals surface area (Å²) >= 11 is 3.96. The average molecular weight is 388 g/mol. The van der Waals surface area contributed by atoms with Crippen LogP contribution in [0.1, 0.15) is 32.5 Å². The lowest BCUT2D eigenvalue weighted by Crippen LogP contribution is -2.25. The summed E-state index contributed by atoms with van der Waals surface area (Å²) in [6.45, 7) is 2.03. The first-order valence-electron chi connectivity index (χ1n) is 9.06. The van der Waals surface area contributed by atoms with Crippen LogP contribution in [-0.4, -0.2) is 37.2 Å². The van der Waals surface area contributed by atoms with Gasteiger partial charge in [0.05, 0.1) is 11.2 Å². The van der Waals surface area contributed by atoms with Crippen molar-refractivity contribution in [2.24, 2.45) is 0 Å². The molecule has 138 valence electrons. The van der Waals surface area contributed by atoms with E-state index in [2.05, 4.69) is 29.6 Å². The van der Waals surface area contributed by atoms with Crippen LogP contribution >= 0.6 is 23.5 Å². The zero-order valence-corrected chi connectivity index (χ0v) is 16.5. The van der Waals surface area contributed by atoms with Crippen molar-refractivity contribution in [1.82, 2.24) is 5.32 Å². The number of benzene rings is 2. The molecule has 1 fully saturated rings. The minimum atomic E-state index is -0.00689. The Kier molecular flexibility index (Phi) is 7.92. The fraction of sp³-hybridized carbons (Fsp3) is 0.381. The minimum absolute atomic E-state index is 0.00689. The Morgan fingerprint density at radius 2 is 1.73 bits per heavy atom. The maximum Gasteiger partial charge on any atom is 0.251 e. The topological polar surface area (TPSA) is 38.3 Å². The van der Waals surface area contributed by atoms with Gasteiger partial charge in [0.25, 0.3) is 5.91 Å².